The molecule has 1 aliphatic rings. The zero-order valence-corrected chi connectivity index (χ0v) is 11.1. The Kier molecular flexibility index (Phi) is 4.04. The van der Waals surface area contributed by atoms with Crippen molar-refractivity contribution in [2.24, 2.45) is 5.41 Å². The molecule has 1 aromatic carbocycles. The molecular weight excluding hydrogens is 271 g/mol. The molecule has 1 aromatic rings. The molecule has 1 atom stereocenters. The Morgan fingerprint density at radius 1 is 1.35 bits per heavy atom. The Balaban J connectivity index is 2.11. The van der Waals surface area contributed by atoms with E-state index in [2.05, 4.69) is 0 Å². The Hall–Kier alpha value is -1.56. The molecule has 110 valence electrons. The van der Waals surface area contributed by atoms with Crippen LogP contribution in [0.2, 0.25) is 0 Å². The van der Waals surface area contributed by atoms with Gasteiger partial charge in [-0.2, -0.15) is 0 Å². The van der Waals surface area contributed by atoms with Gasteiger partial charge in [0, 0.05) is 13.1 Å². The number of likely N-dealkylation sites (tertiary alicyclic amines) is 1. The molecule has 0 aliphatic carbocycles. The minimum atomic E-state index is -1.48. The third-order valence-corrected chi connectivity index (χ3v) is 4.01. The zero-order chi connectivity index (χ0) is 14.9. The Morgan fingerprint density at radius 2 is 1.95 bits per heavy atom. The number of rotatable bonds is 4. The average Bonchev–Trinajstić information content (AvgIpc) is 2.80. The van der Waals surface area contributed by atoms with E-state index in [1.54, 1.807) is 0 Å². The van der Waals surface area contributed by atoms with Gasteiger partial charge in [-0.15, -0.1) is 0 Å². The fourth-order valence-electron chi connectivity index (χ4n) is 2.67. The van der Waals surface area contributed by atoms with Crippen molar-refractivity contribution in [2.45, 2.75) is 26.3 Å². The van der Waals surface area contributed by atoms with Gasteiger partial charge in [-0.3, -0.25) is 9.69 Å². The molecule has 2 rings (SSSR count). The number of carboxylic acid groups (broad SMARTS) is 1. The monoisotopic (exact) mass is 287 g/mol. The Bertz CT molecular complexity index is 512. The molecule has 0 bridgehead atoms. The van der Waals surface area contributed by atoms with Crippen LogP contribution in [0, 0.1) is 22.9 Å². The number of hydrogen-bond acceptors (Lipinski definition) is 2. The molecule has 1 unspecified atom stereocenters. The number of carboxylic acids is 1. The van der Waals surface area contributed by atoms with Crippen LogP contribution in [0.3, 0.4) is 0 Å². The summed E-state index contributed by atoms with van der Waals surface area (Å²) in [5.74, 6) is -4.78. The highest BCUT2D eigenvalue weighted by Gasteiger charge is 2.43. The van der Waals surface area contributed by atoms with Crippen molar-refractivity contribution >= 4 is 5.97 Å². The Morgan fingerprint density at radius 3 is 2.40 bits per heavy atom. The average molecular weight is 287 g/mol. The number of benzene rings is 1. The lowest BCUT2D eigenvalue weighted by atomic mass is 9.84. The lowest BCUT2D eigenvalue weighted by Crippen LogP contribution is -2.33. The molecule has 0 spiro atoms. The van der Waals surface area contributed by atoms with Crippen LogP contribution >= 0.6 is 0 Å². The van der Waals surface area contributed by atoms with E-state index in [9.17, 15) is 23.1 Å². The van der Waals surface area contributed by atoms with E-state index >= 15 is 0 Å². The van der Waals surface area contributed by atoms with Gasteiger partial charge in [0.25, 0.3) is 0 Å². The highest BCUT2D eigenvalue weighted by atomic mass is 19.2. The van der Waals surface area contributed by atoms with Gasteiger partial charge in [0.05, 0.1) is 5.41 Å². The van der Waals surface area contributed by atoms with Crippen LogP contribution < -0.4 is 0 Å². The van der Waals surface area contributed by atoms with Gasteiger partial charge < -0.3 is 5.11 Å². The number of hydrogen-bond donors (Lipinski definition) is 1. The lowest BCUT2D eigenvalue weighted by molar-refractivity contribution is -0.148. The van der Waals surface area contributed by atoms with Crippen molar-refractivity contribution in [2.75, 3.05) is 13.1 Å². The minimum absolute atomic E-state index is 0.211. The van der Waals surface area contributed by atoms with E-state index in [4.69, 9.17) is 0 Å². The molecule has 20 heavy (non-hydrogen) atoms. The molecule has 1 N–H and O–H groups in total. The fraction of sp³-hybridized carbons (Fsp3) is 0.500. The quantitative estimate of drug-likeness (QED) is 0.866. The molecule has 1 heterocycles. The third kappa shape index (κ3) is 2.65. The summed E-state index contributed by atoms with van der Waals surface area (Å²) in [5, 5.41) is 9.28. The van der Waals surface area contributed by atoms with E-state index < -0.39 is 28.8 Å². The maximum Gasteiger partial charge on any atom is 0.310 e. The first kappa shape index (κ1) is 14.8. The van der Waals surface area contributed by atoms with Gasteiger partial charge in [-0.25, -0.2) is 13.2 Å². The molecule has 1 saturated heterocycles. The van der Waals surface area contributed by atoms with Crippen molar-refractivity contribution in [3.8, 4) is 0 Å². The van der Waals surface area contributed by atoms with Gasteiger partial charge in [-0.05, 0) is 37.1 Å². The predicted molar refractivity (Wildman–Crippen MR) is 66.6 cm³/mol. The highest BCUT2D eigenvalue weighted by Crippen LogP contribution is 2.35. The molecule has 3 nitrogen and oxygen atoms in total. The molecule has 0 aromatic heterocycles. The number of aliphatic carboxylic acids is 1. The summed E-state index contributed by atoms with van der Waals surface area (Å²) in [4.78, 5) is 13.1. The summed E-state index contributed by atoms with van der Waals surface area (Å²) < 4.78 is 39.1. The maximum atomic E-state index is 13.1. The van der Waals surface area contributed by atoms with Crippen LogP contribution in [0.4, 0.5) is 13.2 Å². The molecule has 0 radical (unpaired) electrons. The molecule has 1 aliphatic heterocycles. The second-order valence-electron chi connectivity index (χ2n) is 5.27. The highest BCUT2D eigenvalue weighted by molar-refractivity contribution is 5.75. The lowest BCUT2D eigenvalue weighted by Gasteiger charge is -2.23. The van der Waals surface area contributed by atoms with E-state index in [1.807, 2.05) is 11.8 Å². The normalized spacial score (nSPS) is 23.2. The minimum Gasteiger partial charge on any atom is -0.481 e. The first-order valence-electron chi connectivity index (χ1n) is 6.47. The number of nitrogens with zero attached hydrogens (tertiary/aromatic N) is 1. The van der Waals surface area contributed by atoms with Crippen LogP contribution in [0.1, 0.15) is 25.3 Å². The van der Waals surface area contributed by atoms with Crippen LogP contribution in [-0.4, -0.2) is 29.1 Å². The summed E-state index contributed by atoms with van der Waals surface area (Å²) in [5.41, 5.74) is -0.490. The third-order valence-electron chi connectivity index (χ3n) is 4.01. The summed E-state index contributed by atoms with van der Waals surface area (Å²) >= 11 is 0. The summed E-state index contributed by atoms with van der Waals surface area (Å²) in [6, 6.07) is 1.90. The van der Waals surface area contributed by atoms with Gasteiger partial charge in [-0.1, -0.05) is 6.92 Å². The predicted octanol–water partition coefficient (Wildman–Crippen LogP) is 2.79. The fourth-order valence-corrected chi connectivity index (χ4v) is 2.67. The van der Waals surface area contributed by atoms with Crippen molar-refractivity contribution in [1.82, 2.24) is 4.90 Å². The van der Waals surface area contributed by atoms with Crippen molar-refractivity contribution in [1.29, 1.82) is 0 Å². The standard InChI is InChI=1S/C14H16F3NO2/c1-2-14(13(19)20)3-4-18(8-14)7-9-5-10(15)12(17)11(16)6-9/h5-6H,2-4,7-8H2,1H3,(H,19,20). The topological polar surface area (TPSA) is 40.5 Å². The van der Waals surface area contributed by atoms with E-state index in [-0.39, 0.29) is 6.54 Å². The molecular formula is C14H16F3NO2. The molecule has 1 fully saturated rings. The van der Waals surface area contributed by atoms with Crippen LogP contribution in [0.15, 0.2) is 12.1 Å². The number of halogens is 3. The summed E-state index contributed by atoms with van der Waals surface area (Å²) in [6.07, 6.45) is 1.01. The van der Waals surface area contributed by atoms with Crippen molar-refractivity contribution in [3.05, 3.63) is 35.1 Å². The van der Waals surface area contributed by atoms with Crippen molar-refractivity contribution in [3.63, 3.8) is 0 Å². The first-order valence-corrected chi connectivity index (χ1v) is 6.47. The van der Waals surface area contributed by atoms with Crippen LogP contribution in [0.5, 0.6) is 0 Å². The largest absolute Gasteiger partial charge is 0.481 e. The van der Waals surface area contributed by atoms with Crippen LogP contribution in [0.25, 0.3) is 0 Å². The van der Waals surface area contributed by atoms with Gasteiger partial charge in [0.1, 0.15) is 0 Å². The SMILES string of the molecule is CCC1(C(=O)O)CCN(Cc2cc(F)c(F)c(F)c2)C1. The van der Waals surface area contributed by atoms with E-state index in [1.165, 1.54) is 0 Å². The number of carbonyl (C=O) groups is 1. The van der Waals surface area contributed by atoms with E-state index in [0.29, 0.717) is 31.5 Å². The molecule has 6 heteroatoms. The van der Waals surface area contributed by atoms with Gasteiger partial charge in [0.15, 0.2) is 17.5 Å². The maximum absolute atomic E-state index is 13.1. The van der Waals surface area contributed by atoms with E-state index in [0.717, 1.165) is 12.1 Å². The van der Waals surface area contributed by atoms with Crippen molar-refractivity contribution < 1.29 is 23.1 Å². The van der Waals surface area contributed by atoms with Crippen LogP contribution in [-0.2, 0) is 11.3 Å². The second kappa shape index (κ2) is 5.44. The molecule has 0 amide bonds. The Labute approximate surface area is 115 Å². The second-order valence-corrected chi connectivity index (χ2v) is 5.27. The summed E-state index contributed by atoms with van der Waals surface area (Å²) in [7, 11) is 0. The summed E-state index contributed by atoms with van der Waals surface area (Å²) in [6.45, 7) is 2.90. The van der Waals surface area contributed by atoms with Gasteiger partial charge in [0.2, 0.25) is 0 Å². The zero-order valence-electron chi connectivity index (χ0n) is 11.1. The van der Waals surface area contributed by atoms with Gasteiger partial charge >= 0.3 is 5.97 Å². The molecule has 0 saturated carbocycles. The smallest absolute Gasteiger partial charge is 0.310 e. The first-order chi connectivity index (χ1) is 9.38.